The molecule has 1 atom stereocenters. The molecule has 2 aliphatic carbocycles. The van der Waals surface area contributed by atoms with Crippen LogP contribution < -0.4 is 5.32 Å². The number of carbonyl (C=O) groups is 2. The normalized spacial score (nSPS) is 25.0. The van der Waals surface area contributed by atoms with E-state index in [1.165, 1.54) is 22.3 Å². The third-order valence-corrected chi connectivity index (χ3v) is 7.27. The summed E-state index contributed by atoms with van der Waals surface area (Å²) in [6, 6.07) is 9.06. The molecule has 5 heteroatoms. The third-order valence-electron chi connectivity index (χ3n) is 7.27. The van der Waals surface area contributed by atoms with Crippen LogP contribution >= 0.6 is 0 Å². The molecule has 0 bridgehead atoms. The Morgan fingerprint density at radius 1 is 1.12 bits per heavy atom. The standard InChI is InChI=1S/C28H40N2O3/c1-18(2)16-25-24-17-20-8-6-7-9-22(20)23(24)14-15-30(25)26(31)19-10-12-21(13-11-19)29-27(32)33-28(3,4)5/h6-9,18-19,21,25H,10-17H2,1-5H3,(H,29,32). The SMILES string of the molecule is CC(C)CC1C2=C(CCN1C(=O)C1CCC(NC(=O)OC(C)(C)C)CC1)c1ccccc1C2. The number of fused-ring (bicyclic) bond motifs is 2. The van der Waals surface area contributed by atoms with Gasteiger partial charge >= 0.3 is 6.09 Å². The first-order valence-corrected chi connectivity index (χ1v) is 12.7. The fourth-order valence-electron chi connectivity index (χ4n) is 5.82. The summed E-state index contributed by atoms with van der Waals surface area (Å²) in [6.07, 6.45) is 5.93. The molecule has 2 amide bonds. The molecule has 3 aliphatic rings. The van der Waals surface area contributed by atoms with E-state index in [-0.39, 0.29) is 24.1 Å². The van der Waals surface area contributed by atoms with E-state index in [2.05, 4.69) is 48.3 Å². The highest BCUT2D eigenvalue weighted by Crippen LogP contribution is 2.43. The first-order chi connectivity index (χ1) is 15.6. The second-order valence-corrected chi connectivity index (χ2v) is 11.5. The number of amides is 2. The van der Waals surface area contributed by atoms with Crippen LogP contribution in [0.5, 0.6) is 0 Å². The Balaban J connectivity index is 1.41. The van der Waals surface area contributed by atoms with Gasteiger partial charge in [0.15, 0.2) is 0 Å². The molecular weight excluding hydrogens is 412 g/mol. The molecule has 1 N–H and O–H groups in total. The van der Waals surface area contributed by atoms with Gasteiger partial charge in [0.05, 0.1) is 6.04 Å². The zero-order valence-electron chi connectivity index (χ0n) is 20.9. The van der Waals surface area contributed by atoms with Gasteiger partial charge in [0.2, 0.25) is 5.91 Å². The largest absolute Gasteiger partial charge is 0.444 e. The zero-order chi connectivity index (χ0) is 23.8. The van der Waals surface area contributed by atoms with Crippen molar-refractivity contribution in [3.05, 3.63) is 41.0 Å². The number of hydrogen-bond acceptors (Lipinski definition) is 3. The fourth-order valence-corrected chi connectivity index (χ4v) is 5.82. The Bertz CT molecular complexity index is 919. The van der Waals surface area contributed by atoms with E-state index in [9.17, 15) is 9.59 Å². The lowest BCUT2D eigenvalue weighted by Gasteiger charge is -2.41. The molecule has 0 aromatic heterocycles. The summed E-state index contributed by atoms with van der Waals surface area (Å²) in [5.41, 5.74) is 5.29. The van der Waals surface area contributed by atoms with Crippen LogP contribution in [0.15, 0.2) is 29.8 Å². The van der Waals surface area contributed by atoms with Gasteiger partial charge in [-0.2, -0.15) is 0 Å². The van der Waals surface area contributed by atoms with Crippen LogP contribution in [-0.4, -0.2) is 41.1 Å². The molecule has 0 spiro atoms. The van der Waals surface area contributed by atoms with Crippen LogP contribution in [0.2, 0.25) is 0 Å². The molecule has 5 nitrogen and oxygen atoms in total. The van der Waals surface area contributed by atoms with Crippen molar-refractivity contribution in [1.82, 2.24) is 10.2 Å². The Morgan fingerprint density at radius 2 is 1.82 bits per heavy atom. The molecule has 180 valence electrons. The summed E-state index contributed by atoms with van der Waals surface area (Å²) in [6.45, 7) is 11.0. The van der Waals surface area contributed by atoms with E-state index in [1.54, 1.807) is 0 Å². The third kappa shape index (κ3) is 5.44. The molecular formula is C28H40N2O3. The zero-order valence-corrected chi connectivity index (χ0v) is 20.9. The van der Waals surface area contributed by atoms with Crippen LogP contribution in [0.3, 0.4) is 0 Å². The lowest BCUT2D eigenvalue weighted by molar-refractivity contribution is -0.138. The van der Waals surface area contributed by atoms with Gasteiger partial charge in [0, 0.05) is 18.5 Å². The average Bonchev–Trinajstić information content (AvgIpc) is 3.12. The minimum absolute atomic E-state index is 0.0577. The summed E-state index contributed by atoms with van der Waals surface area (Å²) in [4.78, 5) is 28.0. The van der Waals surface area contributed by atoms with Crippen molar-refractivity contribution >= 4 is 17.6 Å². The summed E-state index contributed by atoms with van der Waals surface area (Å²) in [5.74, 6) is 0.913. The molecule has 1 saturated carbocycles. The van der Waals surface area contributed by atoms with Crippen molar-refractivity contribution in [1.29, 1.82) is 0 Å². The summed E-state index contributed by atoms with van der Waals surface area (Å²) >= 11 is 0. The van der Waals surface area contributed by atoms with Gasteiger partial charge in [0.25, 0.3) is 0 Å². The van der Waals surface area contributed by atoms with Crippen molar-refractivity contribution in [2.45, 2.75) is 97.2 Å². The highest BCUT2D eigenvalue weighted by molar-refractivity contribution is 5.84. The number of nitrogens with one attached hydrogen (secondary N) is 1. The summed E-state index contributed by atoms with van der Waals surface area (Å²) in [5, 5.41) is 3.00. The minimum atomic E-state index is -0.496. The van der Waals surface area contributed by atoms with Crippen LogP contribution in [0.1, 0.15) is 84.3 Å². The van der Waals surface area contributed by atoms with Gasteiger partial charge in [0.1, 0.15) is 5.60 Å². The topological polar surface area (TPSA) is 58.6 Å². The highest BCUT2D eigenvalue weighted by atomic mass is 16.6. The molecule has 4 rings (SSSR count). The molecule has 0 radical (unpaired) electrons. The fraction of sp³-hybridized carbons (Fsp3) is 0.643. The molecule has 1 aliphatic heterocycles. The predicted molar refractivity (Wildman–Crippen MR) is 132 cm³/mol. The Kier molecular flexibility index (Phi) is 6.88. The van der Waals surface area contributed by atoms with Gasteiger partial charge in [-0.05, 0) is 93.9 Å². The van der Waals surface area contributed by atoms with Crippen molar-refractivity contribution in [2.24, 2.45) is 11.8 Å². The van der Waals surface area contributed by atoms with Crippen LogP contribution in [-0.2, 0) is 16.0 Å². The van der Waals surface area contributed by atoms with Gasteiger partial charge < -0.3 is 15.0 Å². The molecule has 1 aromatic carbocycles. The number of alkyl carbamates (subject to hydrolysis) is 1. The highest BCUT2D eigenvalue weighted by Gasteiger charge is 2.39. The van der Waals surface area contributed by atoms with Gasteiger partial charge in [-0.1, -0.05) is 38.1 Å². The van der Waals surface area contributed by atoms with Crippen LogP contribution in [0, 0.1) is 11.8 Å². The first-order valence-electron chi connectivity index (χ1n) is 12.7. The number of benzene rings is 1. The van der Waals surface area contributed by atoms with Crippen LogP contribution in [0.25, 0.3) is 5.57 Å². The number of carbonyl (C=O) groups excluding carboxylic acids is 2. The molecule has 1 heterocycles. The predicted octanol–water partition coefficient (Wildman–Crippen LogP) is 5.73. The van der Waals surface area contributed by atoms with Crippen molar-refractivity contribution in [3.63, 3.8) is 0 Å². The van der Waals surface area contributed by atoms with E-state index < -0.39 is 5.60 Å². The number of nitrogens with zero attached hydrogens (tertiary/aromatic N) is 1. The summed E-state index contributed by atoms with van der Waals surface area (Å²) in [7, 11) is 0. The maximum Gasteiger partial charge on any atom is 0.407 e. The number of rotatable bonds is 4. The number of hydrogen-bond donors (Lipinski definition) is 1. The Hall–Kier alpha value is -2.30. The quantitative estimate of drug-likeness (QED) is 0.635. The van der Waals surface area contributed by atoms with E-state index >= 15 is 0 Å². The summed E-state index contributed by atoms with van der Waals surface area (Å²) < 4.78 is 5.40. The Labute approximate surface area is 198 Å². The molecule has 0 saturated heterocycles. The van der Waals surface area contributed by atoms with Crippen molar-refractivity contribution in [2.75, 3.05) is 6.54 Å². The van der Waals surface area contributed by atoms with Gasteiger partial charge in [-0.25, -0.2) is 4.79 Å². The second-order valence-electron chi connectivity index (χ2n) is 11.5. The van der Waals surface area contributed by atoms with Crippen LogP contribution in [0.4, 0.5) is 4.79 Å². The Morgan fingerprint density at radius 3 is 2.48 bits per heavy atom. The van der Waals surface area contributed by atoms with Gasteiger partial charge in [-0.15, -0.1) is 0 Å². The van der Waals surface area contributed by atoms with E-state index in [4.69, 9.17) is 4.74 Å². The average molecular weight is 453 g/mol. The molecule has 1 aromatic rings. The lowest BCUT2D eigenvalue weighted by Crippen LogP contribution is -2.49. The monoisotopic (exact) mass is 452 g/mol. The van der Waals surface area contributed by atoms with Crippen molar-refractivity contribution in [3.8, 4) is 0 Å². The van der Waals surface area contributed by atoms with E-state index in [1.807, 2.05) is 20.8 Å². The maximum absolute atomic E-state index is 13.7. The molecule has 1 fully saturated rings. The minimum Gasteiger partial charge on any atom is -0.444 e. The maximum atomic E-state index is 13.7. The van der Waals surface area contributed by atoms with Crippen molar-refractivity contribution < 1.29 is 14.3 Å². The lowest BCUT2D eigenvalue weighted by atomic mass is 9.82. The van der Waals surface area contributed by atoms with Gasteiger partial charge in [-0.3, -0.25) is 4.79 Å². The van der Waals surface area contributed by atoms with E-state index in [0.29, 0.717) is 11.8 Å². The first kappa shape index (κ1) is 23.8. The number of ether oxygens (including phenoxy) is 1. The second kappa shape index (κ2) is 9.52. The van der Waals surface area contributed by atoms with E-state index in [0.717, 1.165) is 51.5 Å². The molecule has 33 heavy (non-hydrogen) atoms. The smallest absolute Gasteiger partial charge is 0.407 e. The molecule has 1 unspecified atom stereocenters.